The van der Waals surface area contributed by atoms with E-state index in [0.717, 1.165) is 10.6 Å². The number of fused-ring (bicyclic) bond motifs is 2. The molecule has 0 N–H and O–H groups in total. The number of alkyl halides is 3. The number of anilines is 1. The third-order valence-electron chi connectivity index (χ3n) is 5.17. The number of pyridine rings is 1. The van der Waals surface area contributed by atoms with Gasteiger partial charge in [0.2, 0.25) is 0 Å². The molecular weight excluding hydrogens is 417 g/mol. The van der Waals surface area contributed by atoms with E-state index in [-0.39, 0.29) is 22.5 Å². The number of hydrogen-bond donors (Lipinski definition) is 0. The van der Waals surface area contributed by atoms with Gasteiger partial charge in [-0.15, -0.1) is 13.2 Å². The van der Waals surface area contributed by atoms with Crippen molar-refractivity contribution in [2.24, 2.45) is 14.1 Å². The molecule has 1 aliphatic rings. The van der Waals surface area contributed by atoms with E-state index in [9.17, 15) is 27.6 Å². The smallest absolute Gasteiger partial charge is 0.406 e. The van der Waals surface area contributed by atoms with Gasteiger partial charge in [0, 0.05) is 26.3 Å². The summed E-state index contributed by atoms with van der Waals surface area (Å²) in [5.74, 6) is -0.837. The fourth-order valence-corrected chi connectivity index (χ4v) is 3.69. The first-order valence-corrected chi connectivity index (χ1v) is 9.34. The highest BCUT2D eigenvalue weighted by atomic mass is 19.4. The van der Waals surface area contributed by atoms with E-state index in [0.29, 0.717) is 30.6 Å². The lowest BCUT2D eigenvalue weighted by Gasteiger charge is -2.29. The monoisotopic (exact) mass is 434 g/mol. The molecule has 0 radical (unpaired) electrons. The number of rotatable bonds is 2. The second kappa shape index (κ2) is 7.25. The lowest BCUT2D eigenvalue weighted by atomic mass is 10.0. The van der Waals surface area contributed by atoms with Gasteiger partial charge in [0.05, 0.1) is 5.39 Å². The average Bonchev–Trinajstić information content (AvgIpc) is 2.73. The minimum Gasteiger partial charge on any atom is -0.406 e. The molecule has 8 nitrogen and oxygen atoms in total. The maximum atomic E-state index is 13.1. The SMILES string of the molecule is Cn1c(=O)c2ccc(C(=O)N3CCCc4cc(OC(F)(F)F)ccc43)nc2n(C)c1=O. The summed E-state index contributed by atoms with van der Waals surface area (Å²) in [5.41, 5.74) is -0.00139. The van der Waals surface area contributed by atoms with Gasteiger partial charge >= 0.3 is 12.1 Å². The normalized spacial score (nSPS) is 13.9. The highest BCUT2D eigenvalue weighted by molar-refractivity contribution is 6.06. The highest BCUT2D eigenvalue weighted by Gasteiger charge is 2.32. The van der Waals surface area contributed by atoms with Crippen LogP contribution >= 0.6 is 0 Å². The van der Waals surface area contributed by atoms with Crippen molar-refractivity contribution in [2.75, 3.05) is 11.4 Å². The third kappa shape index (κ3) is 3.66. The second-order valence-corrected chi connectivity index (χ2v) is 7.17. The first-order chi connectivity index (χ1) is 14.6. The van der Waals surface area contributed by atoms with Crippen molar-refractivity contribution in [3.8, 4) is 5.75 Å². The number of nitrogens with zero attached hydrogens (tertiary/aromatic N) is 4. The molecule has 162 valence electrons. The third-order valence-corrected chi connectivity index (χ3v) is 5.17. The number of ether oxygens (including phenoxy) is 1. The molecule has 11 heteroatoms. The first kappa shape index (κ1) is 20.6. The van der Waals surface area contributed by atoms with Crippen LogP contribution in [0.3, 0.4) is 0 Å². The van der Waals surface area contributed by atoms with Crippen LogP contribution in [-0.4, -0.2) is 32.9 Å². The molecule has 1 aliphatic heterocycles. The second-order valence-electron chi connectivity index (χ2n) is 7.17. The summed E-state index contributed by atoms with van der Waals surface area (Å²) in [4.78, 5) is 43.3. The number of hydrogen-bond acceptors (Lipinski definition) is 5. The van der Waals surface area contributed by atoms with E-state index >= 15 is 0 Å². The van der Waals surface area contributed by atoms with E-state index in [4.69, 9.17) is 0 Å². The van der Waals surface area contributed by atoms with Crippen molar-refractivity contribution in [2.45, 2.75) is 19.2 Å². The zero-order valence-electron chi connectivity index (χ0n) is 16.6. The van der Waals surface area contributed by atoms with Gasteiger partial charge in [-0.2, -0.15) is 0 Å². The van der Waals surface area contributed by atoms with Crippen LogP contribution in [0.4, 0.5) is 18.9 Å². The van der Waals surface area contributed by atoms with Crippen molar-refractivity contribution in [3.63, 3.8) is 0 Å². The summed E-state index contributed by atoms with van der Waals surface area (Å²) in [6.07, 6.45) is -3.77. The molecule has 3 heterocycles. The van der Waals surface area contributed by atoms with Gasteiger partial charge in [0.15, 0.2) is 0 Å². The molecule has 0 fully saturated rings. The van der Waals surface area contributed by atoms with Gasteiger partial charge in [-0.05, 0) is 48.7 Å². The van der Waals surface area contributed by atoms with Crippen LogP contribution in [-0.2, 0) is 20.5 Å². The van der Waals surface area contributed by atoms with E-state index < -0.39 is 23.5 Å². The van der Waals surface area contributed by atoms with Gasteiger partial charge in [-0.3, -0.25) is 18.7 Å². The average molecular weight is 434 g/mol. The number of carbonyl (C=O) groups is 1. The molecule has 4 rings (SSSR count). The first-order valence-electron chi connectivity index (χ1n) is 9.34. The summed E-state index contributed by atoms with van der Waals surface area (Å²) < 4.78 is 43.6. The Morgan fingerprint density at radius 1 is 1.10 bits per heavy atom. The zero-order valence-corrected chi connectivity index (χ0v) is 16.6. The van der Waals surface area contributed by atoms with Crippen molar-refractivity contribution >= 4 is 22.6 Å². The fourth-order valence-electron chi connectivity index (χ4n) is 3.69. The molecule has 1 amide bonds. The molecule has 0 saturated carbocycles. The predicted molar refractivity (Wildman–Crippen MR) is 105 cm³/mol. The maximum absolute atomic E-state index is 13.1. The van der Waals surface area contributed by atoms with Gasteiger partial charge in [-0.25, -0.2) is 9.78 Å². The Labute approximate surface area is 173 Å². The van der Waals surface area contributed by atoms with Crippen molar-refractivity contribution in [1.82, 2.24) is 14.1 Å². The molecule has 0 atom stereocenters. The van der Waals surface area contributed by atoms with Crippen LogP contribution in [0, 0.1) is 0 Å². The Bertz CT molecular complexity index is 1330. The van der Waals surface area contributed by atoms with Crippen molar-refractivity contribution < 1.29 is 22.7 Å². The Hall–Kier alpha value is -3.63. The molecule has 1 aromatic carbocycles. The quantitative estimate of drug-likeness (QED) is 0.617. The fraction of sp³-hybridized carbons (Fsp3) is 0.300. The summed E-state index contributed by atoms with van der Waals surface area (Å²) >= 11 is 0. The molecule has 2 aromatic heterocycles. The van der Waals surface area contributed by atoms with E-state index in [1.807, 2.05) is 0 Å². The summed E-state index contributed by atoms with van der Waals surface area (Å²) in [6.45, 7) is 0.348. The van der Waals surface area contributed by atoms with Gasteiger partial charge < -0.3 is 9.64 Å². The summed E-state index contributed by atoms with van der Waals surface area (Å²) in [6, 6.07) is 6.65. The number of carbonyl (C=O) groups excluding carboxylic acids is 1. The number of amides is 1. The van der Waals surface area contributed by atoms with Gasteiger partial charge in [0.1, 0.15) is 17.1 Å². The van der Waals surface area contributed by atoms with Crippen LogP contribution in [0.5, 0.6) is 5.75 Å². The molecule has 0 unspecified atom stereocenters. The Balaban J connectivity index is 1.74. The number of halogens is 3. The zero-order chi connectivity index (χ0) is 22.5. The lowest BCUT2D eigenvalue weighted by molar-refractivity contribution is -0.274. The maximum Gasteiger partial charge on any atom is 0.573 e. The molecule has 0 spiro atoms. The number of aromatic nitrogens is 3. The van der Waals surface area contributed by atoms with Crippen LogP contribution in [0.1, 0.15) is 22.5 Å². The Morgan fingerprint density at radius 3 is 2.55 bits per heavy atom. The Morgan fingerprint density at radius 2 is 1.84 bits per heavy atom. The van der Waals surface area contributed by atoms with Crippen molar-refractivity contribution in [3.05, 3.63) is 62.4 Å². The van der Waals surface area contributed by atoms with Crippen LogP contribution in [0.2, 0.25) is 0 Å². The van der Waals surface area contributed by atoms with E-state index in [1.54, 1.807) is 0 Å². The predicted octanol–water partition coefficient (Wildman–Crippen LogP) is 2.12. The van der Waals surface area contributed by atoms with E-state index in [1.165, 1.54) is 47.8 Å². The minimum atomic E-state index is -4.81. The van der Waals surface area contributed by atoms with E-state index in [2.05, 4.69) is 9.72 Å². The van der Waals surface area contributed by atoms with Gasteiger partial charge in [0.25, 0.3) is 11.5 Å². The van der Waals surface area contributed by atoms with Crippen LogP contribution < -0.4 is 20.9 Å². The molecule has 0 saturated heterocycles. The summed E-state index contributed by atoms with van der Waals surface area (Å²) in [7, 11) is 2.80. The Kier molecular flexibility index (Phi) is 4.83. The molecular formula is C20H17F3N4O4. The largest absolute Gasteiger partial charge is 0.573 e. The molecule has 3 aromatic rings. The van der Waals surface area contributed by atoms with Gasteiger partial charge in [-0.1, -0.05) is 0 Å². The lowest BCUT2D eigenvalue weighted by Crippen LogP contribution is -2.38. The van der Waals surface area contributed by atoms with Crippen molar-refractivity contribution in [1.29, 1.82) is 0 Å². The minimum absolute atomic E-state index is 0.0132. The molecule has 0 bridgehead atoms. The van der Waals surface area contributed by atoms with Crippen LogP contribution in [0.15, 0.2) is 39.9 Å². The number of aryl methyl sites for hydroxylation is 2. The topological polar surface area (TPSA) is 86.4 Å². The van der Waals surface area contributed by atoms with Crippen LogP contribution in [0.25, 0.3) is 11.0 Å². The molecule has 0 aliphatic carbocycles. The summed E-state index contributed by atoms with van der Waals surface area (Å²) in [5, 5.41) is 0.189. The molecule has 31 heavy (non-hydrogen) atoms. The highest BCUT2D eigenvalue weighted by Crippen LogP contribution is 2.33. The number of benzene rings is 1. The standard InChI is InChI=1S/C20H17F3N4O4/c1-25-16-13(17(28)26(2)19(25)30)6-7-14(24-16)18(29)27-9-3-4-11-10-12(5-8-15(11)27)31-20(21,22)23/h5-8,10H,3-4,9H2,1-2H3.